The van der Waals surface area contributed by atoms with Crippen molar-refractivity contribution in [2.75, 3.05) is 5.75 Å². The first-order valence-electron chi connectivity index (χ1n) is 9.14. The number of hydrogen-bond donors (Lipinski definition) is 1. The van der Waals surface area contributed by atoms with Crippen molar-refractivity contribution in [2.45, 2.75) is 18.6 Å². The summed E-state index contributed by atoms with van der Waals surface area (Å²) in [5.74, 6) is 0.104. The van der Waals surface area contributed by atoms with E-state index in [-0.39, 0.29) is 11.7 Å². The zero-order valence-electron chi connectivity index (χ0n) is 15.5. The molecule has 0 saturated carbocycles. The number of fused-ring (bicyclic) bond motifs is 2. The van der Waals surface area contributed by atoms with Gasteiger partial charge in [-0.3, -0.25) is 4.79 Å². The molecule has 0 aliphatic rings. The fraction of sp³-hybridized carbons (Fsp3) is 0.136. The number of benzene rings is 3. The second kappa shape index (κ2) is 8.27. The number of imidazole rings is 1. The van der Waals surface area contributed by atoms with E-state index in [1.165, 1.54) is 11.8 Å². The van der Waals surface area contributed by atoms with E-state index in [4.69, 9.17) is 0 Å². The van der Waals surface area contributed by atoms with Crippen LogP contribution in [-0.4, -0.2) is 27.4 Å². The van der Waals surface area contributed by atoms with Crippen LogP contribution in [0.1, 0.15) is 12.5 Å². The summed E-state index contributed by atoms with van der Waals surface area (Å²) in [6.45, 7) is 2.89. The Morgan fingerprint density at radius 1 is 1.11 bits per heavy atom. The molecule has 0 saturated heterocycles. The van der Waals surface area contributed by atoms with Crippen LogP contribution in [0.2, 0.25) is 0 Å². The number of carbonyl (C=O) groups is 1. The zero-order chi connectivity index (χ0) is 19.3. The van der Waals surface area contributed by atoms with Crippen LogP contribution in [0, 0.1) is 0 Å². The molecule has 0 atom stereocenters. The molecular weight excluding hydrogens is 368 g/mol. The van der Waals surface area contributed by atoms with Crippen LogP contribution < -0.4 is 5.43 Å². The molecule has 3 aromatic carbocycles. The Morgan fingerprint density at radius 3 is 2.79 bits per heavy atom. The van der Waals surface area contributed by atoms with Gasteiger partial charge in [-0.05, 0) is 29.8 Å². The minimum absolute atomic E-state index is 0.156. The topological polar surface area (TPSA) is 59.3 Å². The van der Waals surface area contributed by atoms with Crippen molar-refractivity contribution in [2.24, 2.45) is 5.10 Å². The number of nitrogens with zero attached hydrogens (tertiary/aromatic N) is 3. The lowest BCUT2D eigenvalue weighted by Gasteiger charge is -2.05. The van der Waals surface area contributed by atoms with Crippen LogP contribution in [-0.2, 0) is 11.3 Å². The summed E-state index contributed by atoms with van der Waals surface area (Å²) < 4.78 is 2.12. The number of aromatic nitrogens is 2. The quantitative estimate of drug-likeness (QED) is 0.302. The van der Waals surface area contributed by atoms with Crippen LogP contribution in [0.3, 0.4) is 0 Å². The molecule has 1 aromatic heterocycles. The predicted octanol–water partition coefficient (Wildman–Crippen LogP) is 4.45. The van der Waals surface area contributed by atoms with E-state index < -0.39 is 0 Å². The van der Waals surface area contributed by atoms with Crippen LogP contribution in [0.4, 0.5) is 0 Å². The Bertz CT molecular complexity index is 1160. The molecule has 1 heterocycles. The maximum atomic E-state index is 12.2. The zero-order valence-corrected chi connectivity index (χ0v) is 16.3. The highest BCUT2D eigenvalue weighted by Gasteiger charge is 2.11. The number of carbonyl (C=O) groups excluding carboxylic acids is 1. The Balaban J connectivity index is 1.40. The molecule has 1 N–H and O–H groups in total. The average molecular weight is 388 g/mol. The van der Waals surface area contributed by atoms with E-state index >= 15 is 0 Å². The summed E-state index contributed by atoms with van der Waals surface area (Å²) in [5, 5.41) is 7.22. The summed E-state index contributed by atoms with van der Waals surface area (Å²) in [5.41, 5.74) is 5.61. The smallest absolute Gasteiger partial charge is 0.250 e. The maximum Gasteiger partial charge on any atom is 0.250 e. The van der Waals surface area contributed by atoms with E-state index in [0.29, 0.717) is 0 Å². The highest BCUT2D eigenvalue weighted by molar-refractivity contribution is 7.99. The molecule has 0 aliphatic heterocycles. The summed E-state index contributed by atoms with van der Waals surface area (Å²) in [7, 11) is 0. The van der Waals surface area contributed by atoms with Gasteiger partial charge in [-0.1, -0.05) is 66.4 Å². The van der Waals surface area contributed by atoms with E-state index in [0.717, 1.165) is 39.1 Å². The molecule has 4 rings (SSSR count). The molecule has 0 fully saturated rings. The Labute approximate surface area is 167 Å². The third kappa shape index (κ3) is 3.77. The van der Waals surface area contributed by atoms with Crippen LogP contribution in [0.25, 0.3) is 21.8 Å². The summed E-state index contributed by atoms with van der Waals surface area (Å²) in [4.78, 5) is 16.8. The lowest BCUT2D eigenvalue weighted by Crippen LogP contribution is -2.20. The highest BCUT2D eigenvalue weighted by Crippen LogP contribution is 2.23. The predicted molar refractivity (Wildman–Crippen MR) is 116 cm³/mol. The fourth-order valence-corrected chi connectivity index (χ4v) is 4.04. The van der Waals surface area contributed by atoms with Gasteiger partial charge in [0, 0.05) is 12.1 Å². The van der Waals surface area contributed by atoms with Gasteiger partial charge in [-0.2, -0.15) is 5.10 Å². The number of aryl methyl sites for hydroxylation is 1. The van der Waals surface area contributed by atoms with Gasteiger partial charge in [-0.15, -0.1) is 0 Å². The first-order chi connectivity index (χ1) is 13.8. The third-order valence-electron chi connectivity index (χ3n) is 4.48. The van der Waals surface area contributed by atoms with Crippen molar-refractivity contribution in [1.82, 2.24) is 15.0 Å². The van der Waals surface area contributed by atoms with Gasteiger partial charge >= 0.3 is 0 Å². The Morgan fingerprint density at radius 2 is 1.89 bits per heavy atom. The van der Waals surface area contributed by atoms with Crippen molar-refractivity contribution in [3.8, 4) is 0 Å². The van der Waals surface area contributed by atoms with Crippen molar-refractivity contribution in [3.63, 3.8) is 0 Å². The average Bonchev–Trinajstić information content (AvgIpc) is 3.10. The monoisotopic (exact) mass is 388 g/mol. The minimum atomic E-state index is -0.156. The molecule has 0 bridgehead atoms. The Kier molecular flexibility index (Phi) is 5.39. The fourth-order valence-electron chi connectivity index (χ4n) is 3.17. The van der Waals surface area contributed by atoms with E-state index in [1.807, 2.05) is 54.6 Å². The number of hydrogen-bond acceptors (Lipinski definition) is 4. The third-order valence-corrected chi connectivity index (χ3v) is 5.46. The Hall–Kier alpha value is -3.12. The van der Waals surface area contributed by atoms with Crippen molar-refractivity contribution < 1.29 is 4.79 Å². The lowest BCUT2D eigenvalue weighted by atomic mass is 10.1. The van der Waals surface area contributed by atoms with Crippen molar-refractivity contribution in [1.29, 1.82) is 0 Å². The molecule has 0 radical (unpaired) electrons. The van der Waals surface area contributed by atoms with Gasteiger partial charge in [0.1, 0.15) is 0 Å². The van der Waals surface area contributed by atoms with Gasteiger partial charge in [0.05, 0.1) is 23.0 Å². The van der Waals surface area contributed by atoms with Gasteiger partial charge in [0.2, 0.25) is 0 Å². The van der Waals surface area contributed by atoms with Crippen LogP contribution in [0.5, 0.6) is 0 Å². The van der Waals surface area contributed by atoms with Crippen molar-refractivity contribution in [3.05, 3.63) is 72.3 Å². The highest BCUT2D eigenvalue weighted by atomic mass is 32.2. The van der Waals surface area contributed by atoms with Gasteiger partial charge in [0.15, 0.2) is 5.16 Å². The second-order valence-corrected chi connectivity index (χ2v) is 7.22. The second-order valence-electron chi connectivity index (χ2n) is 6.28. The molecule has 140 valence electrons. The van der Waals surface area contributed by atoms with Gasteiger partial charge in [0.25, 0.3) is 5.91 Å². The number of thioether (sulfide) groups is 1. The van der Waals surface area contributed by atoms with Gasteiger partial charge in [-0.25, -0.2) is 10.4 Å². The first kappa shape index (κ1) is 18.3. The SMILES string of the molecule is CCn1c(SCC(=O)N/N=C/c2cccc3ccccc23)nc2ccccc21. The van der Waals surface area contributed by atoms with Crippen LogP contribution in [0.15, 0.2) is 77.0 Å². The largest absolute Gasteiger partial charge is 0.319 e. The molecule has 4 aromatic rings. The molecule has 28 heavy (non-hydrogen) atoms. The molecule has 1 amide bonds. The van der Waals surface area contributed by atoms with Gasteiger partial charge < -0.3 is 4.57 Å². The molecule has 6 heteroatoms. The summed E-state index contributed by atoms with van der Waals surface area (Å²) in [6, 6.07) is 22.1. The maximum absolute atomic E-state index is 12.2. The number of hydrazone groups is 1. The molecule has 0 aliphatic carbocycles. The number of para-hydroxylation sites is 2. The molecular formula is C22H20N4OS. The lowest BCUT2D eigenvalue weighted by molar-refractivity contribution is -0.118. The summed E-state index contributed by atoms with van der Waals surface area (Å²) >= 11 is 1.42. The normalized spacial score (nSPS) is 11.5. The van der Waals surface area contributed by atoms with Crippen molar-refractivity contribution >= 4 is 45.7 Å². The minimum Gasteiger partial charge on any atom is -0.319 e. The van der Waals surface area contributed by atoms with E-state index in [2.05, 4.69) is 39.1 Å². The van der Waals surface area contributed by atoms with Crippen LogP contribution >= 0.6 is 11.8 Å². The van der Waals surface area contributed by atoms with E-state index in [9.17, 15) is 4.79 Å². The number of rotatable bonds is 6. The molecule has 0 spiro atoms. The summed E-state index contributed by atoms with van der Waals surface area (Å²) in [6.07, 6.45) is 1.69. The molecule has 5 nitrogen and oxygen atoms in total. The van der Waals surface area contributed by atoms with E-state index in [1.54, 1.807) is 6.21 Å². The number of amides is 1. The standard InChI is InChI=1S/C22H20N4OS/c1-2-26-20-13-6-5-12-19(20)24-22(26)28-15-21(27)25-23-14-17-10-7-9-16-8-3-4-11-18(16)17/h3-14H,2,15H2,1H3,(H,25,27)/b23-14+. The first-order valence-corrected chi connectivity index (χ1v) is 10.1. The molecule has 0 unspecified atom stereocenters. The number of nitrogens with one attached hydrogen (secondary N) is 1.